The van der Waals surface area contributed by atoms with E-state index in [0.717, 1.165) is 11.3 Å². The minimum absolute atomic E-state index is 0.0860. The number of nitro groups is 1. The smallest absolute Gasteiger partial charge is 0.269 e. The van der Waals surface area contributed by atoms with Gasteiger partial charge in [0, 0.05) is 34.1 Å². The van der Waals surface area contributed by atoms with E-state index in [4.69, 9.17) is 0 Å². The first kappa shape index (κ1) is 17.1. The Balaban J connectivity index is 1.69. The Hall–Kier alpha value is -3.33. The quantitative estimate of drug-likeness (QED) is 0.551. The van der Waals surface area contributed by atoms with Crippen molar-refractivity contribution >= 4 is 28.2 Å². The van der Waals surface area contributed by atoms with Crippen LogP contribution in [-0.4, -0.2) is 24.8 Å². The van der Waals surface area contributed by atoms with Crippen molar-refractivity contribution in [1.82, 2.24) is 9.78 Å². The van der Waals surface area contributed by atoms with E-state index in [2.05, 4.69) is 10.4 Å². The molecule has 27 heavy (non-hydrogen) atoms. The highest BCUT2D eigenvalue weighted by Gasteiger charge is 2.28. The molecule has 2 heterocycles. The summed E-state index contributed by atoms with van der Waals surface area (Å²) in [7, 11) is -1.03. The number of para-hydroxylation sites is 1. The molecule has 1 aliphatic heterocycles. The summed E-state index contributed by atoms with van der Waals surface area (Å²) in [6.45, 7) is 0. The van der Waals surface area contributed by atoms with E-state index in [9.17, 15) is 19.1 Å². The molecule has 1 N–H and O–H groups in total. The van der Waals surface area contributed by atoms with Crippen LogP contribution in [-0.2, 0) is 22.3 Å². The molecule has 0 radical (unpaired) electrons. The van der Waals surface area contributed by atoms with Crippen LogP contribution in [0.15, 0.2) is 54.6 Å². The van der Waals surface area contributed by atoms with Gasteiger partial charge in [-0.2, -0.15) is 5.10 Å². The average Bonchev–Trinajstić information content (AvgIpc) is 3.19. The van der Waals surface area contributed by atoms with E-state index in [1.807, 2.05) is 30.3 Å². The zero-order valence-electron chi connectivity index (χ0n) is 14.0. The number of amides is 1. The zero-order valence-corrected chi connectivity index (χ0v) is 14.8. The van der Waals surface area contributed by atoms with Crippen LogP contribution in [0.5, 0.6) is 0 Å². The summed E-state index contributed by atoms with van der Waals surface area (Å²) in [5.74, 6) is 0.751. The number of carbonyl (C=O) groups excluding carboxylic acids is 1. The van der Waals surface area contributed by atoms with Crippen molar-refractivity contribution in [1.29, 1.82) is 0 Å². The van der Waals surface area contributed by atoms with Gasteiger partial charge < -0.3 is 5.32 Å². The van der Waals surface area contributed by atoms with Gasteiger partial charge in [-0.05, 0) is 24.3 Å². The van der Waals surface area contributed by atoms with Crippen LogP contribution in [0.4, 0.5) is 11.5 Å². The lowest BCUT2D eigenvalue weighted by molar-refractivity contribution is -0.384. The number of carbonyl (C=O) groups is 1. The molecule has 1 aromatic heterocycles. The lowest BCUT2D eigenvalue weighted by Crippen LogP contribution is -2.16. The van der Waals surface area contributed by atoms with E-state index < -0.39 is 21.6 Å². The maximum atomic E-state index is 12.7. The Morgan fingerprint density at radius 3 is 2.48 bits per heavy atom. The minimum atomic E-state index is -1.03. The van der Waals surface area contributed by atoms with Crippen LogP contribution in [0.3, 0.4) is 0 Å². The maximum absolute atomic E-state index is 12.7. The molecule has 3 aromatic rings. The first-order valence-electron chi connectivity index (χ1n) is 8.10. The molecule has 0 fully saturated rings. The fourth-order valence-electron chi connectivity index (χ4n) is 2.93. The molecule has 1 atom stereocenters. The monoisotopic (exact) mass is 382 g/mol. The van der Waals surface area contributed by atoms with Crippen LogP contribution in [0.25, 0.3) is 5.69 Å². The topological polar surface area (TPSA) is 107 Å². The van der Waals surface area contributed by atoms with Crippen LogP contribution in [0.1, 0.15) is 21.6 Å². The highest BCUT2D eigenvalue weighted by atomic mass is 32.2. The molecule has 2 aromatic carbocycles. The molecule has 8 nitrogen and oxygen atoms in total. The summed E-state index contributed by atoms with van der Waals surface area (Å²) in [6, 6.07) is 14.7. The molecular formula is C18H14N4O4S. The van der Waals surface area contributed by atoms with Gasteiger partial charge in [0.25, 0.3) is 11.6 Å². The molecule has 0 bridgehead atoms. The van der Waals surface area contributed by atoms with Gasteiger partial charge in [0.05, 0.1) is 27.8 Å². The van der Waals surface area contributed by atoms with Gasteiger partial charge in [-0.1, -0.05) is 18.2 Å². The van der Waals surface area contributed by atoms with Crippen molar-refractivity contribution in [3.63, 3.8) is 0 Å². The molecule has 1 aliphatic rings. The normalized spacial score (nSPS) is 15.3. The fourth-order valence-corrected chi connectivity index (χ4v) is 4.19. The third-order valence-corrected chi connectivity index (χ3v) is 5.45. The Kier molecular flexibility index (Phi) is 4.28. The second kappa shape index (κ2) is 6.76. The van der Waals surface area contributed by atoms with E-state index in [1.54, 1.807) is 4.68 Å². The van der Waals surface area contributed by atoms with Gasteiger partial charge in [-0.15, -0.1) is 0 Å². The highest BCUT2D eigenvalue weighted by Crippen LogP contribution is 2.31. The fraction of sp³-hybridized carbons (Fsp3) is 0.111. The molecular weight excluding hydrogens is 368 g/mol. The van der Waals surface area contributed by atoms with Gasteiger partial charge in [0.2, 0.25) is 0 Å². The summed E-state index contributed by atoms with van der Waals surface area (Å²) >= 11 is 0. The molecule has 0 saturated heterocycles. The second-order valence-corrected chi connectivity index (χ2v) is 7.46. The lowest BCUT2D eigenvalue weighted by Gasteiger charge is -2.11. The molecule has 0 spiro atoms. The second-order valence-electron chi connectivity index (χ2n) is 6.01. The molecule has 136 valence electrons. The van der Waals surface area contributed by atoms with Crippen LogP contribution in [0.2, 0.25) is 0 Å². The van der Waals surface area contributed by atoms with Crippen molar-refractivity contribution in [3.8, 4) is 5.69 Å². The minimum Gasteiger partial charge on any atom is -0.306 e. The Labute approximate surface area is 156 Å². The molecule has 0 saturated carbocycles. The SMILES string of the molecule is O=C(Nc1c2c(nn1-c1ccccc1)C[S@@](=O)C2)c1ccc([N+](=O)[O-])cc1. The first-order chi connectivity index (χ1) is 13.0. The largest absolute Gasteiger partial charge is 0.306 e. The third kappa shape index (κ3) is 3.24. The Morgan fingerprint density at radius 1 is 1.11 bits per heavy atom. The van der Waals surface area contributed by atoms with Crippen molar-refractivity contribution in [2.75, 3.05) is 5.32 Å². The van der Waals surface area contributed by atoms with Crippen LogP contribution in [0, 0.1) is 10.1 Å². The maximum Gasteiger partial charge on any atom is 0.269 e. The first-order valence-corrected chi connectivity index (χ1v) is 9.58. The average molecular weight is 382 g/mol. The van der Waals surface area contributed by atoms with E-state index in [1.165, 1.54) is 24.3 Å². The Bertz CT molecular complexity index is 1060. The highest BCUT2D eigenvalue weighted by molar-refractivity contribution is 7.83. The number of hydrogen-bond acceptors (Lipinski definition) is 5. The zero-order chi connectivity index (χ0) is 19.0. The van der Waals surface area contributed by atoms with Gasteiger partial charge >= 0.3 is 0 Å². The summed E-state index contributed by atoms with van der Waals surface area (Å²) in [6.07, 6.45) is 0. The summed E-state index contributed by atoms with van der Waals surface area (Å²) in [4.78, 5) is 22.9. The number of aromatic nitrogens is 2. The number of nitro benzene ring substituents is 1. The molecule has 1 amide bonds. The van der Waals surface area contributed by atoms with Gasteiger partial charge in [-0.3, -0.25) is 19.1 Å². The van der Waals surface area contributed by atoms with E-state index in [0.29, 0.717) is 23.0 Å². The number of rotatable bonds is 4. The Morgan fingerprint density at radius 2 is 1.81 bits per heavy atom. The van der Waals surface area contributed by atoms with E-state index >= 15 is 0 Å². The molecule has 9 heteroatoms. The predicted molar refractivity (Wildman–Crippen MR) is 100 cm³/mol. The summed E-state index contributed by atoms with van der Waals surface area (Å²) < 4.78 is 13.5. The van der Waals surface area contributed by atoms with Crippen LogP contribution >= 0.6 is 0 Å². The van der Waals surface area contributed by atoms with Crippen molar-refractivity contribution in [2.24, 2.45) is 0 Å². The summed E-state index contributed by atoms with van der Waals surface area (Å²) in [5, 5.41) is 18.1. The predicted octanol–water partition coefficient (Wildman–Crippen LogP) is 2.80. The number of nitrogens with one attached hydrogen (secondary N) is 1. The molecule has 0 unspecified atom stereocenters. The van der Waals surface area contributed by atoms with Crippen LogP contribution < -0.4 is 5.32 Å². The molecule has 4 rings (SSSR count). The lowest BCUT2D eigenvalue weighted by atomic mass is 10.2. The summed E-state index contributed by atoms with van der Waals surface area (Å²) in [5.41, 5.74) is 2.44. The van der Waals surface area contributed by atoms with Gasteiger partial charge in [0.15, 0.2) is 0 Å². The van der Waals surface area contributed by atoms with Crippen molar-refractivity contribution < 1.29 is 13.9 Å². The molecule has 0 aliphatic carbocycles. The third-order valence-electron chi connectivity index (χ3n) is 4.24. The number of non-ortho nitro benzene ring substituents is 1. The number of nitrogens with zero attached hydrogens (tertiary/aromatic N) is 3. The number of fused-ring (bicyclic) bond motifs is 1. The van der Waals surface area contributed by atoms with Crippen molar-refractivity contribution in [3.05, 3.63) is 81.5 Å². The standard InChI is InChI=1S/C18H14N4O4S/c23-18(12-6-8-14(9-7-12)22(24)25)19-17-15-10-27(26)11-16(15)20-21(17)13-4-2-1-3-5-13/h1-9H,10-11H2,(H,19,23)/t27-/m0/s1. The number of anilines is 1. The number of benzene rings is 2. The van der Waals surface area contributed by atoms with Gasteiger partial charge in [0.1, 0.15) is 5.82 Å². The van der Waals surface area contributed by atoms with Crippen molar-refractivity contribution in [2.45, 2.75) is 11.5 Å². The van der Waals surface area contributed by atoms with Gasteiger partial charge in [-0.25, -0.2) is 4.68 Å². The van der Waals surface area contributed by atoms with E-state index in [-0.39, 0.29) is 11.3 Å². The number of hydrogen-bond donors (Lipinski definition) is 1.